The molecule has 0 radical (unpaired) electrons. The van der Waals surface area contributed by atoms with Gasteiger partial charge in [-0.05, 0) is 57.2 Å². The number of primary amides is 1. The van der Waals surface area contributed by atoms with E-state index >= 15 is 0 Å². The zero-order valence-electron chi connectivity index (χ0n) is 15.8. The van der Waals surface area contributed by atoms with Gasteiger partial charge in [0.1, 0.15) is 6.61 Å². The monoisotopic (exact) mass is 371 g/mol. The fourth-order valence-electron chi connectivity index (χ4n) is 5.15. The van der Waals surface area contributed by atoms with Crippen LogP contribution in [0.3, 0.4) is 0 Å². The Hall–Kier alpha value is -2.08. The fraction of sp³-hybridized carbons (Fsp3) is 0.619. The second-order valence-corrected chi connectivity index (χ2v) is 8.16. The zero-order chi connectivity index (χ0) is 18.8. The van der Waals surface area contributed by atoms with Gasteiger partial charge < -0.3 is 20.3 Å². The number of ether oxygens (including phenoxy) is 1. The van der Waals surface area contributed by atoms with Crippen LogP contribution in [0, 0.1) is 5.92 Å². The molecule has 1 aromatic rings. The van der Waals surface area contributed by atoms with Crippen LogP contribution >= 0.6 is 0 Å². The van der Waals surface area contributed by atoms with E-state index in [9.17, 15) is 9.59 Å². The SMILES string of the molecule is NC(=O)N1[C@@H]2CC[C@H]1CC(N1CCC(C(=O)OCc3ccccc3)CC1)C2. The molecule has 0 spiro atoms. The summed E-state index contributed by atoms with van der Waals surface area (Å²) in [6, 6.07) is 10.7. The van der Waals surface area contributed by atoms with E-state index in [1.807, 2.05) is 35.2 Å². The fourth-order valence-corrected chi connectivity index (χ4v) is 5.15. The molecule has 4 rings (SSSR count). The van der Waals surface area contributed by atoms with Crippen LogP contribution in [-0.2, 0) is 16.1 Å². The highest BCUT2D eigenvalue weighted by atomic mass is 16.5. The first-order chi connectivity index (χ1) is 13.1. The second-order valence-electron chi connectivity index (χ2n) is 8.16. The van der Waals surface area contributed by atoms with Crippen molar-refractivity contribution in [2.75, 3.05) is 13.1 Å². The number of fused-ring (bicyclic) bond motifs is 2. The van der Waals surface area contributed by atoms with Crippen LogP contribution in [0.25, 0.3) is 0 Å². The first-order valence-corrected chi connectivity index (χ1v) is 10.1. The van der Waals surface area contributed by atoms with E-state index in [1.165, 1.54) is 0 Å². The molecule has 3 aliphatic rings. The van der Waals surface area contributed by atoms with Crippen LogP contribution in [0.4, 0.5) is 4.79 Å². The largest absolute Gasteiger partial charge is 0.461 e. The Kier molecular flexibility index (Phi) is 5.34. The minimum absolute atomic E-state index is 0.00685. The topological polar surface area (TPSA) is 75.9 Å². The molecule has 2 N–H and O–H groups in total. The third-order valence-corrected chi connectivity index (χ3v) is 6.57. The number of piperidine rings is 2. The molecule has 3 fully saturated rings. The van der Waals surface area contributed by atoms with Crippen LogP contribution in [0.5, 0.6) is 0 Å². The van der Waals surface area contributed by atoms with Crippen molar-refractivity contribution in [1.82, 2.24) is 9.80 Å². The Morgan fingerprint density at radius 3 is 2.19 bits per heavy atom. The molecule has 3 atom stereocenters. The molecular formula is C21H29N3O3. The molecule has 2 amide bonds. The summed E-state index contributed by atoms with van der Waals surface area (Å²) in [6.45, 7) is 2.23. The number of carbonyl (C=O) groups is 2. The summed E-state index contributed by atoms with van der Waals surface area (Å²) in [5.74, 6) is -0.0606. The zero-order valence-corrected chi connectivity index (χ0v) is 15.8. The van der Waals surface area contributed by atoms with Crippen molar-refractivity contribution in [3.63, 3.8) is 0 Å². The van der Waals surface area contributed by atoms with Crippen LogP contribution in [-0.4, -0.2) is 53.0 Å². The number of rotatable bonds is 4. The number of urea groups is 1. The van der Waals surface area contributed by atoms with Crippen LogP contribution in [0.2, 0.25) is 0 Å². The summed E-state index contributed by atoms with van der Waals surface area (Å²) >= 11 is 0. The van der Waals surface area contributed by atoms with Gasteiger partial charge in [0.05, 0.1) is 5.92 Å². The maximum absolute atomic E-state index is 12.4. The highest BCUT2D eigenvalue weighted by molar-refractivity contribution is 5.73. The van der Waals surface area contributed by atoms with E-state index in [-0.39, 0.29) is 17.9 Å². The summed E-state index contributed by atoms with van der Waals surface area (Å²) in [5, 5.41) is 0. The molecule has 6 heteroatoms. The maximum Gasteiger partial charge on any atom is 0.315 e. The quantitative estimate of drug-likeness (QED) is 0.825. The molecular weight excluding hydrogens is 342 g/mol. The predicted molar refractivity (Wildman–Crippen MR) is 102 cm³/mol. The number of benzene rings is 1. The summed E-state index contributed by atoms with van der Waals surface area (Å²) < 4.78 is 5.52. The number of nitrogens with two attached hydrogens (primary N) is 1. The van der Waals surface area contributed by atoms with Crippen molar-refractivity contribution in [3.05, 3.63) is 35.9 Å². The number of amides is 2. The van der Waals surface area contributed by atoms with Gasteiger partial charge in [0.2, 0.25) is 0 Å². The molecule has 2 bridgehead atoms. The van der Waals surface area contributed by atoms with Crippen molar-refractivity contribution in [1.29, 1.82) is 0 Å². The second kappa shape index (κ2) is 7.89. The summed E-state index contributed by atoms with van der Waals surface area (Å²) in [4.78, 5) is 28.5. The van der Waals surface area contributed by atoms with Gasteiger partial charge in [-0.1, -0.05) is 30.3 Å². The van der Waals surface area contributed by atoms with Gasteiger partial charge in [0, 0.05) is 18.1 Å². The summed E-state index contributed by atoms with van der Waals surface area (Å²) in [5.41, 5.74) is 6.58. The molecule has 0 aliphatic carbocycles. The van der Waals surface area contributed by atoms with Gasteiger partial charge in [0.25, 0.3) is 0 Å². The molecule has 3 saturated heterocycles. The standard InChI is InChI=1S/C21H29N3O3/c22-21(26)24-17-6-7-18(24)13-19(12-17)23-10-8-16(9-11-23)20(25)27-14-15-4-2-1-3-5-15/h1-5,16-19H,6-14H2,(H2,22,26)/t17-,18+,19?. The maximum atomic E-state index is 12.4. The predicted octanol–water partition coefficient (Wildman–Crippen LogP) is 2.52. The van der Waals surface area contributed by atoms with Crippen LogP contribution in [0.1, 0.15) is 44.1 Å². The number of likely N-dealkylation sites (tertiary alicyclic amines) is 1. The molecule has 0 saturated carbocycles. The van der Waals surface area contributed by atoms with E-state index in [0.29, 0.717) is 24.7 Å². The van der Waals surface area contributed by atoms with Gasteiger partial charge in [-0.25, -0.2) is 4.79 Å². The lowest BCUT2D eigenvalue weighted by atomic mass is 9.91. The number of nitrogens with zero attached hydrogens (tertiary/aromatic N) is 2. The molecule has 3 heterocycles. The first kappa shape index (κ1) is 18.3. The molecule has 146 valence electrons. The van der Waals surface area contributed by atoms with Crippen molar-refractivity contribution >= 4 is 12.0 Å². The first-order valence-electron chi connectivity index (χ1n) is 10.1. The summed E-state index contributed by atoms with van der Waals surface area (Å²) in [7, 11) is 0. The third kappa shape index (κ3) is 3.95. The van der Waals surface area contributed by atoms with Gasteiger partial charge >= 0.3 is 12.0 Å². The van der Waals surface area contributed by atoms with Gasteiger partial charge in [-0.3, -0.25) is 4.79 Å². The average Bonchev–Trinajstić information content (AvgIpc) is 2.97. The van der Waals surface area contributed by atoms with Crippen molar-refractivity contribution in [2.24, 2.45) is 11.7 Å². The van der Waals surface area contributed by atoms with E-state index in [0.717, 1.165) is 57.2 Å². The van der Waals surface area contributed by atoms with Gasteiger partial charge in [-0.2, -0.15) is 0 Å². The molecule has 27 heavy (non-hydrogen) atoms. The third-order valence-electron chi connectivity index (χ3n) is 6.57. The lowest BCUT2D eigenvalue weighted by Crippen LogP contribution is -2.55. The Bertz CT molecular complexity index is 659. The Morgan fingerprint density at radius 2 is 1.59 bits per heavy atom. The molecule has 1 unspecified atom stereocenters. The lowest BCUT2D eigenvalue weighted by Gasteiger charge is -2.44. The molecule has 6 nitrogen and oxygen atoms in total. The molecule has 0 aromatic heterocycles. The van der Waals surface area contributed by atoms with Crippen molar-refractivity contribution in [2.45, 2.75) is 63.3 Å². The average molecular weight is 371 g/mol. The van der Waals surface area contributed by atoms with Crippen LogP contribution in [0.15, 0.2) is 30.3 Å². The van der Waals surface area contributed by atoms with E-state index in [2.05, 4.69) is 4.90 Å². The van der Waals surface area contributed by atoms with Crippen molar-refractivity contribution in [3.8, 4) is 0 Å². The highest BCUT2D eigenvalue weighted by Gasteiger charge is 2.44. The number of hydrogen-bond donors (Lipinski definition) is 1. The highest BCUT2D eigenvalue weighted by Crippen LogP contribution is 2.38. The Labute approximate surface area is 160 Å². The molecule has 1 aromatic carbocycles. The van der Waals surface area contributed by atoms with Gasteiger partial charge in [-0.15, -0.1) is 0 Å². The minimum atomic E-state index is -0.263. The number of esters is 1. The van der Waals surface area contributed by atoms with E-state index in [4.69, 9.17) is 10.5 Å². The smallest absolute Gasteiger partial charge is 0.315 e. The Balaban J connectivity index is 1.25. The number of hydrogen-bond acceptors (Lipinski definition) is 4. The van der Waals surface area contributed by atoms with E-state index < -0.39 is 0 Å². The van der Waals surface area contributed by atoms with Gasteiger partial charge in [0.15, 0.2) is 0 Å². The van der Waals surface area contributed by atoms with E-state index in [1.54, 1.807) is 0 Å². The van der Waals surface area contributed by atoms with Crippen molar-refractivity contribution < 1.29 is 14.3 Å². The summed E-state index contributed by atoms with van der Waals surface area (Å²) in [6.07, 6.45) is 5.90. The molecule has 3 aliphatic heterocycles. The normalized spacial score (nSPS) is 28.9. The number of carbonyl (C=O) groups excluding carboxylic acids is 2. The lowest BCUT2D eigenvalue weighted by molar-refractivity contribution is -0.151. The minimum Gasteiger partial charge on any atom is -0.461 e. The Morgan fingerprint density at radius 1 is 0.963 bits per heavy atom. The van der Waals surface area contributed by atoms with Crippen LogP contribution < -0.4 is 5.73 Å².